The molecule has 0 aromatic heterocycles. The molecule has 2 atom stereocenters. The molecule has 2 unspecified atom stereocenters. The minimum absolute atomic E-state index is 0.0488. The molecule has 1 N–H and O–H groups in total. The molecule has 0 aliphatic carbocycles. The molecule has 3 nitrogen and oxygen atoms in total. The smallest absolute Gasteiger partial charge is 0.0985 e. The molecule has 90 valence electrons. The highest BCUT2D eigenvalue weighted by molar-refractivity contribution is 6.62. The van der Waals surface area contributed by atoms with Gasteiger partial charge >= 0.3 is 0 Å². The topological polar surface area (TPSA) is 24.5 Å². The van der Waals surface area contributed by atoms with Crippen molar-refractivity contribution < 1.29 is 4.74 Å². The fourth-order valence-electron chi connectivity index (χ4n) is 2.45. The molecule has 4 heteroatoms. The summed E-state index contributed by atoms with van der Waals surface area (Å²) in [4.78, 5) is 2.52. The second kappa shape index (κ2) is 5.99. The summed E-state index contributed by atoms with van der Waals surface area (Å²) in [6, 6.07) is 2.75. The van der Waals surface area contributed by atoms with E-state index < -0.39 is 8.80 Å². The van der Waals surface area contributed by atoms with Crippen LogP contribution in [0, 0.1) is 0 Å². The van der Waals surface area contributed by atoms with Crippen LogP contribution in [0.1, 0.15) is 20.8 Å². The molecule has 0 spiro atoms. The van der Waals surface area contributed by atoms with Crippen LogP contribution in [0.3, 0.4) is 0 Å². The number of rotatable bonds is 6. The third-order valence-corrected chi connectivity index (χ3v) is 7.80. The lowest BCUT2D eigenvalue weighted by Gasteiger charge is -2.30. The lowest BCUT2D eigenvalue weighted by atomic mass is 10.5. The number of ether oxygens (including phenoxy) is 1. The number of nitrogens with one attached hydrogen (secondary N) is 1. The zero-order valence-electron chi connectivity index (χ0n) is 10.7. The first kappa shape index (κ1) is 13.2. The molecule has 1 aliphatic rings. The number of methoxy groups -OCH3 is 1. The molecule has 0 aromatic rings. The van der Waals surface area contributed by atoms with E-state index in [9.17, 15) is 0 Å². The van der Waals surface area contributed by atoms with Crippen molar-refractivity contribution in [3.63, 3.8) is 0 Å². The van der Waals surface area contributed by atoms with Gasteiger partial charge in [-0.2, -0.15) is 0 Å². The van der Waals surface area contributed by atoms with Gasteiger partial charge in [0.2, 0.25) is 0 Å². The Kier molecular flexibility index (Phi) is 5.25. The van der Waals surface area contributed by atoms with Crippen LogP contribution >= 0.6 is 0 Å². The number of hydrogen-bond acceptors (Lipinski definition) is 3. The van der Waals surface area contributed by atoms with Gasteiger partial charge < -0.3 is 9.64 Å². The normalized spacial score (nSPS) is 31.4. The summed E-state index contributed by atoms with van der Waals surface area (Å²) < 4.78 is 5.64. The second-order valence-corrected chi connectivity index (χ2v) is 8.19. The van der Waals surface area contributed by atoms with Gasteiger partial charge in [0.1, 0.15) is 0 Å². The third kappa shape index (κ3) is 3.28. The Bertz CT molecular complexity index is 187. The van der Waals surface area contributed by atoms with Crippen LogP contribution in [0.15, 0.2) is 0 Å². The van der Waals surface area contributed by atoms with Crippen molar-refractivity contribution >= 4 is 8.80 Å². The first-order valence-electron chi connectivity index (χ1n) is 6.18. The number of nitrogens with zero attached hydrogens (tertiary/aromatic N) is 1. The maximum Gasteiger partial charge on any atom is 0.0985 e. The summed E-state index contributed by atoms with van der Waals surface area (Å²) in [6.45, 7) is 11.5. The molecule has 1 fully saturated rings. The summed E-state index contributed by atoms with van der Waals surface area (Å²) in [5, 5.41) is 3.56. The summed E-state index contributed by atoms with van der Waals surface area (Å²) in [6.07, 6.45) is 0. The average molecular weight is 230 g/mol. The van der Waals surface area contributed by atoms with Gasteiger partial charge in [-0.15, -0.1) is 0 Å². The minimum atomic E-state index is -0.770. The molecule has 0 saturated carbocycles. The second-order valence-electron chi connectivity index (χ2n) is 4.54. The van der Waals surface area contributed by atoms with Gasteiger partial charge in [0, 0.05) is 7.11 Å². The van der Waals surface area contributed by atoms with Crippen LogP contribution in [0.4, 0.5) is 0 Å². The largest absolute Gasteiger partial charge is 0.368 e. The Hall–Kier alpha value is 0.0969. The quantitative estimate of drug-likeness (QED) is 0.691. The molecule has 1 heterocycles. The highest BCUT2D eigenvalue weighted by Crippen LogP contribution is 2.22. The molecule has 0 amide bonds. The third-order valence-electron chi connectivity index (χ3n) is 3.86. The van der Waals surface area contributed by atoms with E-state index in [1.165, 1.54) is 31.7 Å². The van der Waals surface area contributed by atoms with Gasteiger partial charge in [0.25, 0.3) is 0 Å². The summed E-state index contributed by atoms with van der Waals surface area (Å²) in [5.74, 6) is 0. The molecule has 0 aromatic carbocycles. The lowest BCUT2D eigenvalue weighted by Crippen LogP contribution is -2.50. The Labute approximate surface area is 95.8 Å². The number of hydrogen-bond donors (Lipinski definition) is 1. The molecular formula is C11H26N2OSi. The van der Waals surface area contributed by atoms with Crippen LogP contribution in [0.25, 0.3) is 0 Å². The van der Waals surface area contributed by atoms with E-state index in [4.69, 9.17) is 4.74 Å². The molecule has 0 radical (unpaired) electrons. The summed E-state index contributed by atoms with van der Waals surface area (Å²) >= 11 is 0. The maximum absolute atomic E-state index is 5.64. The minimum Gasteiger partial charge on any atom is -0.368 e. The van der Waals surface area contributed by atoms with Crippen molar-refractivity contribution in [2.45, 2.75) is 38.2 Å². The van der Waals surface area contributed by atoms with E-state index in [1.807, 2.05) is 7.11 Å². The standard InChI is InChI=1S/C11H26N2OSi/c1-5-13(6-2)8-10-15-9-7-12-11(15,3)14-4/h12,15H,5-10H2,1-4H3. The highest BCUT2D eigenvalue weighted by atomic mass is 28.3. The molecule has 1 rings (SSSR count). The van der Waals surface area contributed by atoms with E-state index in [-0.39, 0.29) is 5.35 Å². The van der Waals surface area contributed by atoms with E-state index in [0.717, 1.165) is 6.54 Å². The van der Waals surface area contributed by atoms with Crippen molar-refractivity contribution in [2.75, 3.05) is 33.3 Å². The van der Waals surface area contributed by atoms with E-state index in [2.05, 4.69) is 31.0 Å². The fraction of sp³-hybridized carbons (Fsp3) is 1.00. The maximum atomic E-state index is 5.64. The van der Waals surface area contributed by atoms with Gasteiger partial charge in [0.15, 0.2) is 0 Å². The van der Waals surface area contributed by atoms with E-state index in [1.54, 1.807) is 0 Å². The lowest BCUT2D eigenvalue weighted by molar-refractivity contribution is 0.0526. The molecular weight excluding hydrogens is 204 g/mol. The van der Waals surface area contributed by atoms with E-state index in [0.29, 0.717) is 0 Å². The Morgan fingerprint density at radius 2 is 2.07 bits per heavy atom. The Morgan fingerprint density at radius 3 is 2.60 bits per heavy atom. The highest BCUT2D eigenvalue weighted by Gasteiger charge is 2.39. The van der Waals surface area contributed by atoms with Gasteiger partial charge in [-0.1, -0.05) is 13.8 Å². The first-order chi connectivity index (χ1) is 7.16. The van der Waals surface area contributed by atoms with Crippen molar-refractivity contribution in [1.29, 1.82) is 0 Å². The molecule has 15 heavy (non-hydrogen) atoms. The van der Waals surface area contributed by atoms with Crippen molar-refractivity contribution in [1.82, 2.24) is 10.2 Å². The van der Waals surface area contributed by atoms with Crippen LogP contribution in [-0.2, 0) is 4.74 Å². The monoisotopic (exact) mass is 230 g/mol. The predicted molar refractivity (Wildman–Crippen MR) is 68.0 cm³/mol. The van der Waals surface area contributed by atoms with Crippen LogP contribution in [0.2, 0.25) is 12.1 Å². The van der Waals surface area contributed by atoms with Gasteiger partial charge in [0.05, 0.1) is 14.1 Å². The van der Waals surface area contributed by atoms with Gasteiger partial charge in [-0.25, -0.2) is 0 Å². The average Bonchev–Trinajstić information content (AvgIpc) is 2.63. The van der Waals surface area contributed by atoms with Gasteiger partial charge in [-0.05, 0) is 45.2 Å². The molecule has 1 aliphatic heterocycles. The summed E-state index contributed by atoms with van der Waals surface area (Å²) in [7, 11) is 1.07. The van der Waals surface area contributed by atoms with Crippen LogP contribution in [0.5, 0.6) is 0 Å². The van der Waals surface area contributed by atoms with Gasteiger partial charge in [-0.3, -0.25) is 5.32 Å². The zero-order valence-corrected chi connectivity index (χ0v) is 11.8. The SMILES string of the molecule is CCN(CC)CC[SiH]1CCNC1(C)OC. The van der Waals surface area contributed by atoms with Crippen LogP contribution in [-0.4, -0.2) is 52.3 Å². The Balaban J connectivity index is 2.37. The first-order valence-corrected chi connectivity index (χ1v) is 8.39. The Morgan fingerprint density at radius 1 is 1.40 bits per heavy atom. The molecule has 0 bridgehead atoms. The van der Waals surface area contributed by atoms with Crippen molar-refractivity contribution in [2.24, 2.45) is 0 Å². The van der Waals surface area contributed by atoms with E-state index >= 15 is 0 Å². The van der Waals surface area contributed by atoms with Crippen molar-refractivity contribution in [3.8, 4) is 0 Å². The van der Waals surface area contributed by atoms with Crippen molar-refractivity contribution in [3.05, 3.63) is 0 Å². The summed E-state index contributed by atoms with van der Waals surface area (Å²) in [5.41, 5.74) is 0. The molecule has 1 saturated heterocycles. The predicted octanol–water partition coefficient (Wildman–Crippen LogP) is 1.06. The van der Waals surface area contributed by atoms with Crippen LogP contribution < -0.4 is 5.32 Å². The zero-order chi connectivity index (χ0) is 11.3. The fourth-order valence-corrected chi connectivity index (χ4v) is 5.78.